The molecule has 4 fully saturated rings. The zero-order valence-corrected chi connectivity index (χ0v) is 16.8. The third-order valence-corrected chi connectivity index (χ3v) is 6.62. The molecule has 8 nitrogen and oxygen atoms in total. The summed E-state index contributed by atoms with van der Waals surface area (Å²) in [4.78, 5) is 36.9. The van der Waals surface area contributed by atoms with Crippen molar-refractivity contribution in [3.8, 4) is 5.88 Å². The van der Waals surface area contributed by atoms with Crippen molar-refractivity contribution in [2.45, 2.75) is 50.1 Å². The van der Waals surface area contributed by atoms with Crippen LogP contribution in [0.4, 0.5) is 14.6 Å². The third kappa shape index (κ3) is 3.56. The van der Waals surface area contributed by atoms with E-state index in [0.717, 1.165) is 25.7 Å². The van der Waals surface area contributed by atoms with Gasteiger partial charge >= 0.3 is 0 Å². The van der Waals surface area contributed by atoms with E-state index in [4.69, 9.17) is 4.74 Å². The van der Waals surface area contributed by atoms with Crippen LogP contribution in [0.1, 0.15) is 42.6 Å². The first-order chi connectivity index (χ1) is 14.3. The molecule has 0 aromatic carbocycles. The topological polar surface area (TPSA) is 87.7 Å². The molecular weight excluding hydrogens is 396 g/mol. The fraction of sp³-hybridized carbons (Fsp3) is 0.700. The molecule has 10 heteroatoms. The number of likely N-dealkylation sites (tertiary alicyclic amines) is 1. The molecule has 162 valence electrons. The first-order valence-corrected chi connectivity index (χ1v) is 10.5. The van der Waals surface area contributed by atoms with E-state index in [1.165, 1.54) is 11.1 Å². The lowest BCUT2D eigenvalue weighted by Gasteiger charge is -2.49. The van der Waals surface area contributed by atoms with Crippen molar-refractivity contribution in [2.24, 2.45) is 11.8 Å². The Morgan fingerprint density at radius 1 is 1.30 bits per heavy atom. The molecule has 5 rings (SSSR count). The van der Waals surface area contributed by atoms with Crippen LogP contribution in [0.3, 0.4) is 0 Å². The number of hydrogen-bond acceptors (Lipinski definition) is 6. The number of nitrogens with zero attached hydrogens (tertiary/aromatic N) is 4. The second-order valence-electron chi connectivity index (χ2n) is 8.97. The van der Waals surface area contributed by atoms with Gasteiger partial charge in [-0.2, -0.15) is 0 Å². The van der Waals surface area contributed by atoms with Crippen molar-refractivity contribution in [3.63, 3.8) is 0 Å². The minimum atomic E-state index is -2.75. The number of rotatable bonds is 6. The van der Waals surface area contributed by atoms with Crippen LogP contribution in [0.2, 0.25) is 0 Å². The number of likely N-dealkylation sites (N-methyl/N-ethyl adjacent to an activating group) is 1. The van der Waals surface area contributed by atoms with Crippen LogP contribution >= 0.6 is 0 Å². The normalized spacial score (nSPS) is 29.6. The van der Waals surface area contributed by atoms with E-state index in [-0.39, 0.29) is 29.3 Å². The molecule has 3 atom stereocenters. The summed E-state index contributed by atoms with van der Waals surface area (Å²) in [5.41, 5.74) is 0.0167. The van der Waals surface area contributed by atoms with Gasteiger partial charge in [0.2, 0.25) is 5.91 Å². The van der Waals surface area contributed by atoms with Gasteiger partial charge in [0.15, 0.2) is 11.5 Å². The van der Waals surface area contributed by atoms with Crippen molar-refractivity contribution in [1.82, 2.24) is 20.2 Å². The number of alkyl halides is 2. The van der Waals surface area contributed by atoms with E-state index in [0.29, 0.717) is 24.9 Å². The maximum Gasteiger partial charge on any atom is 0.282 e. The van der Waals surface area contributed by atoms with E-state index in [9.17, 15) is 18.4 Å². The van der Waals surface area contributed by atoms with Gasteiger partial charge < -0.3 is 19.9 Å². The molecule has 2 saturated carbocycles. The zero-order valence-electron chi connectivity index (χ0n) is 16.8. The lowest BCUT2D eigenvalue weighted by atomic mass is 9.72. The highest BCUT2D eigenvalue weighted by Gasteiger charge is 2.47. The second-order valence-corrected chi connectivity index (χ2v) is 8.97. The SMILES string of the molecule is CN1C(=O)C(NC(=O)c2cnc(N3CC(F)(F)C3)c(OCC3CC3)n2)CC2CCC21. The highest BCUT2D eigenvalue weighted by atomic mass is 19.3. The number of anilines is 1. The van der Waals surface area contributed by atoms with Gasteiger partial charge in [0.25, 0.3) is 17.7 Å². The molecule has 1 aromatic rings. The summed E-state index contributed by atoms with van der Waals surface area (Å²) in [5, 5.41) is 2.77. The van der Waals surface area contributed by atoms with Crippen molar-refractivity contribution in [3.05, 3.63) is 11.9 Å². The zero-order chi connectivity index (χ0) is 21.0. The van der Waals surface area contributed by atoms with Crippen LogP contribution in [0.25, 0.3) is 0 Å². The van der Waals surface area contributed by atoms with Gasteiger partial charge in [-0.1, -0.05) is 0 Å². The van der Waals surface area contributed by atoms with Gasteiger partial charge in [0.1, 0.15) is 6.04 Å². The summed E-state index contributed by atoms with van der Waals surface area (Å²) in [6.07, 6.45) is 6.07. The molecule has 1 aromatic heterocycles. The fourth-order valence-electron chi connectivity index (χ4n) is 4.43. The monoisotopic (exact) mass is 421 g/mol. The third-order valence-electron chi connectivity index (χ3n) is 6.62. The lowest BCUT2D eigenvalue weighted by molar-refractivity contribution is -0.143. The number of aromatic nitrogens is 2. The van der Waals surface area contributed by atoms with Gasteiger partial charge in [0.05, 0.1) is 25.9 Å². The quantitative estimate of drug-likeness (QED) is 0.748. The van der Waals surface area contributed by atoms with Gasteiger partial charge in [-0.3, -0.25) is 9.59 Å². The first-order valence-electron chi connectivity index (χ1n) is 10.5. The maximum absolute atomic E-state index is 13.3. The van der Waals surface area contributed by atoms with E-state index in [1.807, 2.05) is 0 Å². The predicted molar refractivity (Wildman–Crippen MR) is 103 cm³/mol. The van der Waals surface area contributed by atoms with E-state index in [1.54, 1.807) is 11.9 Å². The number of amides is 2. The summed E-state index contributed by atoms with van der Waals surface area (Å²) >= 11 is 0. The van der Waals surface area contributed by atoms with Crippen molar-refractivity contribution < 1.29 is 23.1 Å². The van der Waals surface area contributed by atoms with Crippen LogP contribution in [-0.4, -0.2) is 71.4 Å². The molecule has 0 radical (unpaired) electrons. The molecule has 2 aliphatic carbocycles. The van der Waals surface area contributed by atoms with Crippen LogP contribution in [0.15, 0.2) is 6.20 Å². The molecule has 3 unspecified atom stereocenters. The first kappa shape index (κ1) is 19.4. The Balaban J connectivity index is 1.31. The molecule has 1 N–H and O–H groups in total. The number of nitrogens with one attached hydrogen (secondary N) is 1. The molecule has 2 aliphatic heterocycles. The summed E-state index contributed by atoms with van der Waals surface area (Å²) < 4.78 is 32.3. The maximum atomic E-state index is 13.3. The van der Waals surface area contributed by atoms with Crippen LogP contribution in [0.5, 0.6) is 5.88 Å². The highest BCUT2D eigenvalue weighted by Crippen LogP contribution is 2.39. The highest BCUT2D eigenvalue weighted by molar-refractivity contribution is 5.96. The predicted octanol–water partition coefficient (Wildman–Crippen LogP) is 1.46. The number of carbonyl (C=O) groups is 2. The summed E-state index contributed by atoms with van der Waals surface area (Å²) in [5.74, 6) is -2.19. The van der Waals surface area contributed by atoms with E-state index >= 15 is 0 Å². The largest absolute Gasteiger partial charge is 0.475 e. The number of fused-ring (bicyclic) bond motifs is 1. The Morgan fingerprint density at radius 3 is 2.70 bits per heavy atom. The Labute approximate surface area is 173 Å². The fourth-order valence-corrected chi connectivity index (χ4v) is 4.43. The summed E-state index contributed by atoms with van der Waals surface area (Å²) in [6, 6.07) is -0.308. The van der Waals surface area contributed by atoms with Crippen molar-refractivity contribution >= 4 is 17.6 Å². The number of carbonyl (C=O) groups excluding carboxylic acids is 2. The van der Waals surface area contributed by atoms with Crippen molar-refractivity contribution in [1.29, 1.82) is 0 Å². The number of piperidine rings is 1. The van der Waals surface area contributed by atoms with E-state index in [2.05, 4.69) is 15.3 Å². The number of hydrogen-bond donors (Lipinski definition) is 1. The average molecular weight is 421 g/mol. The molecule has 0 spiro atoms. The van der Waals surface area contributed by atoms with Crippen LogP contribution < -0.4 is 15.0 Å². The molecule has 2 amide bonds. The second kappa shape index (κ2) is 7.02. The summed E-state index contributed by atoms with van der Waals surface area (Å²) in [7, 11) is 1.78. The smallest absolute Gasteiger partial charge is 0.282 e. The average Bonchev–Trinajstić information content (AvgIpc) is 3.49. The Morgan fingerprint density at radius 2 is 2.07 bits per heavy atom. The summed E-state index contributed by atoms with van der Waals surface area (Å²) in [6.45, 7) is -0.469. The number of ether oxygens (including phenoxy) is 1. The van der Waals surface area contributed by atoms with Crippen LogP contribution in [-0.2, 0) is 4.79 Å². The Hall–Kier alpha value is -2.52. The molecule has 0 bridgehead atoms. The minimum absolute atomic E-state index is 0.0167. The standard InChI is InChI=1S/C20H25F2N5O3/c1-26-15-5-4-12(15)6-13(19(26)29)24-17(28)14-7-23-16(27-9-20(21,22)10-27)18(25-14)30-8-11-2-3-11/h7,11-13,15H,2-6,8-10H2,1H3,(H,24,28). The lowest BCUT2D eigenvalue weighted by Crippen LogP contribution is -2.61. The molecule has 2 saturated heterocycles. The van der Waals surface area contributed by atoms with Crippen molar-refractivity contribution in [2.75, 3.05) is 31.6 Å². The molecule has 3 heterocycles. The van der Waals surface area contributed by atoms with Gasteiger partial charge in [0, 0.05) is 13.1 Å². The van der Waals surface area contributed by atoms with Gasteiger partial charge in [-0.15, -0.1) is 0 Å². The Bertz CT molecular complexity index is 870. The number of halogens is 2. The molecule has 4 aliphatic rings. The van der Waals surface area contributed by atoms with Gasteiger partial charge in [-0.05, 0) is 43.9 Å². The van der Waals surface area contributed by atoms with Gasteiger partial charge in [-0.25, -0.2) is 18.7 Å². The van der Waals surface area contributed by atoms with E-state index < -0.39 is 31.0 Å². The van der Waals surface area contributed by atoms with Crippen LogP contribution in [0, 0.1) is 11.8 Å². The molecule has 30 heavy (non-hydrogen) atoms. The Kier molecular flexibility index (Phi) is 4.55. The minimum Gasteiger partial charge on any atom is -0.475 e. The molecular formula is C20H25F2N5O3.